The van der Waals surface area contributed by atoms with Gasteiger partial charge in [0.1, 0.15) is 5.56 Å². The second kappa shape index (κ2) is 5.19. The normalized spacial score (nSPS) is 27.2. The summed E-state index contributed by atoms with van der Waals surface area (Å²) in [7, 11) is 0. The summed E-state index contributed by atoms with van der Waals surface area (Å²) in [5.41, 5.74) is 0.798. The fourth-order valence-electron chi connectivity index (χ4n) is 2.63. The van der Waals surface area contributed by atoms with Crippen LogP contribution in [0.4, 0.5) is 5.69 Å². The van der Waals surface area contributed by atoms with Crippen LogP contribution in [0.5, 0.6) is 0 Å². The summed E-state index contributed by atoms with van der Waals surface area (Å²) < 4.78 is 0. The van der Waals surface area contributed by atoms with Gasteiger partial charge in [-0.15, -0.1) is 0 Å². The molecule has 2 N–H and O–H groups in total. The van der Waals surface area contributed by atoms with Crippen molar-refractivity contribution in [3.05, 3.63) is 28.8 Å². The van der Waals surface area contributed by atoms with Crippen molar-refractivity contribution in [3.8, 4) is 0 Å². The van der Waals surface area contributed by atoms with E-state index in [0.717, 1.165) is 6.42 Å². The second-order valence-corrected chi connectivity index (χ2v) is 5.54. The Kier molecular flexibility index (Phi) is 3.81. The predicted octanol–water partition coefficient (Wildman–Crippen LogP) is 3.88. The molecule has 1 aliphatic rings. The minimum absolute atomic E-state index is 0.172. The molecule has 1 fully saturated rings. The Morgan fingerprint density at radius 3 is 2.67 bits per heavy atom. The molecule has 2 rings (SSSR count). The van der Waals surface area contributed by atoms with Gasteiger partial charge < -0.3 is 10.4 Å². The van der Waals surface area contributed by atoms with Crippen LogP contribution in [0.2, 0.25) is 5.02 Å². The molecule has 98 valence electrons. The predicted molar refractivity (Wildman–Crippen MR) is 73.4 cm³/mol. The molecule has 0 saturated heterocycles. The number of carboxylic acid groups (broad SMARTS) is 1. The number of hydrogen-bond donors (Lipinski definition) is 2. The highest BCUT2D eigenvalue weighted by Gasteiger charge is 2.30. The molecule has 0 amide bonds. The van der Waals surface area contributed by atoms with Crippen LogP contribution < -0.4 is 5.32 Å². The Morgan fingerprint density at radius 1 is 1.39 bits per heavy atom. The number of carboxylic acids is 1. The molecule has 4 heteroatoms. The number of hydrogen-bond acceptors (Lipinski definition) is 2. The maximum Gasteiger partial charge on any atom is 0.339 e. The average Bonchev–Trinajstić information content (AvgIpc) is 2.60. The summed E-state index contributed by atoms with van der Waals surface area (Å²) in [6.07, 6.45) is 2.26. The number of carbonyl (C=O) groups is 1. The third kappa shape index (κ3) is 2.46. The summed E-state index contributed by atoms with van der Waals surface area (Å²) in [5.74, 6) is 0.238. The van der Waals surface area contributed by atoms with E-state index in [1.165, 1.54) is 6.42 Å². The van der Waals surface area contributed by atoms with E-state index in [1.807, 2.05) is 0 Å². The van der Waals surface area contributed by atoms with Gasteiger partial charge in [0.25, 0.3) is 0 Å². The van der Waals surface area contributed by atoms with Crippen LogP contribution in [-0.4, -0.2) is 17.1 Å². The lowest BCUT2D eigenvalue weighted by atomic mass is 9.97. The van der Waals surface area contributed by atoms with Crippen molar-refractivity contribution in [3.63, 3.8) is 0 Å². The zero-order valence-electron chi connectivity index (χ0n) is 10.6. The fourth-order valence-corrected chi connectivity index (χ4v) is 2.89. The van der Waals surface area contributed by atoms with Crippen LogP contribution in [0.3, 0.4) is 0 Å². The Labute approximate surface area is 112 Å². The molecule has 0 aromatic heterocycles. The number of rotatable bonds is 3. The minimum atomic E-state index is -0.984. The standard InChI is InChI=1S/C14H18ClNO2/c1-8-6-7-11(9(8)2)16-12-5-3-4-10(15)13(12)14(17)18/h3-5,8-9,11,16H,6-7H2,1-2H3,(H,17,18). The second-order valence-electron chi connectivity index (χ2n) is 5.13. The van der Waals surface area contributed by atoms with Gasteiger partial charge in [0.05, 0.1) is 10.7 Å². The van der Waals surface area contributed by atoms with Gasteiger partial charge >= 0.3 is 5.97 Å². The van der Waals surface area contributed by atoms with E-state index in [0.29, 0.717) is 23.6 Å². The summed E-state index contributed by atoms with van der Waals surface area (Å²) in [6, 6.07) is 5.50. The highest BCUT2D eigenvalue weighted by atomic mass is 35.5. The maximum absolute atomic E-state index is 11.2. The summed E-state index contributed by atoms with van der Waals surface area (Å²) >= 11 is 5.95. The molecule has 3 unspecified atom stereocenters. The monoisotopic (exact) mass is 267 g/mol. The van der Waals surface area contributed by atoms with Gasteiger partial charge in [-0.05, 0) is 36.8 Å². The van der Waals surface area contributed by atoms with Crippen molar-refractivity contribution in [2.45, 2.75) is 32.7 Å². The van der Waals surface area contributed by atoms with Crippen molar-refractivity contribution < 1.29 is 9.90 Å². The van der Waals surface area contributed by atoms with Crippen molar-refractivity contribution in [2.24, 2.45) is 11.8 Å². The van der Waals surface area contributed by atoms with E-state index >= 15 is 0 Å². The summed E-state index contributed by atoms with van der Waals surface area (Å²) in [4.78, 5) is 11.2. The highest BCUT2D eigenvalue weighted by molar-refractivity contribution is 6.34. The van der Waals surface area contributed by atoms with Crippen LogP contribution in [-0.2, 0) is 0 Å². The molecule has 1 aromatic carbocycles. The molecular weight excluding hydrogens is 250 g/mol. The van der Waals surface area contributed by atoms with Crippen LogP contribution >= 0.6 is 11.6 Å². The van der Waals surface area contributed by atoms with Gasteiger partial charge in [0.15, 0.2) is 0 Å². The van der Waals surface area contributed by atoms with Gasteiger partial charge in [-0.1, -0.05) is 31.5 Å². The molecule has 0 spiro atoms. The molecule has 0 bridgehead atoms. The number of anilines is 1. The summed E-state index contributed by atoms with van der Waals surface area (Å²) in [5, 5.41) is 12.8. The molecule has 1 aliphatic carbocycles. The highest BCUT2D eigenvalue weighted by Crippen LogP contribution is 2.34. The van der Waals surface area contributed by atoms with Crippen LogP contribution in [0.1, 0.15) is 37.0 Å². The zero-order valence-corrected chi connectivity index (χ0v) is 11.4. The Bertz CT molecular complexity index is 461. The molecule has 1 saturated carbocycles. The smallest absolute Gasteiger partial charge is 0.339 e. The van der Waals surface area contributed by atoms with Crippen molar-refractivity contribution in [1.82, 2.24) is 0 Å². The Hall–Kier alpha value is -1.22. The lowest BCUT2D eigenvalue weighted by molar-refractivity contribution is 0.0698. The third-order valence-corrected chi connectivity index (χ3v) is 4.35. The van der Waals surface area contributed by atoms with E-state index < -0.39 is 5.97 Å². The lowest BCUT2D eigenvalue weighted by Crippen LogP contribution is -2.25. The van der Waals surface area contributed by atoms with Crippen LogP contribution in [0, 0.1) is 11.8 Å². The molecule has 0 aliphatic heterocycles. The number of halogens is 1. The maximum atomic E-state index is 11.2. The van der Waals surface area contributed by atoms with Gasteiger partial charge in [-0.3, -0.25) is 0 Å². The lowest BCUT2D eigenvalue weighted by Gasteiger charge is -2.22. The van der Waals surface area contributed by atoms with Crippen LogP contribution in [0.25, 0.3) is 0 Å². The third-order valence-electron chi connectivity index (χ3n) is 4.03. The van der Waals surface area contributed by atoms with Crippen LogP contribution in [0.15, 0.2) is 18.2 Å². The zero-order chi connectivity index (χ0) is 13.3. The quantitative estimate of drug-likeness (QED) is 0.874. The first kappa shape index (κ1) is 13.2. The van der Waals surface area contributed by atoms with Crippen molar-refractivity contribution in [2.75, 3.05) is 5.32 Å². The van der Waals surface area contributed by atoms with Gasteiger partial charge in [-0.2, -0.15) is 0 Å². The first-order chi connectivity index (χ1) is 8.50. The van der Waals surface area contributed by atoms with Crippen molar-refractivity contribution in [1.29, 1.82) is 0 Å². The Balaban J connectivity index is 2.24. The number of aromatic carboxylic acids is 1. The van der Waals surface area contributed by atoms with E-state index in [2.05, 4.69) is 19.2 Å². The average molecular weight is 268 g/mol. The van der Waals surface area contributed by atoms with E-state index in [9.17, 15) is 9.90 Å². The summed E-state index contributed by atoms with van der Waals surface area (Å²) in [6.45, 7) is 4.45. The molecule has 18 heavy (non-hydrogen) atoms. The fraction of sp³-hybridized carbons (Fsp3) is 0.500. The topological polar surface area (TPSA) is 49.3 Å². The first-order valence-electron chi connectivity index (χ1n) is 6.29. The number of benzene rings is 1. The molecular formula is C14H18ClNO2. The first-order valence-corrected chi connectivity index (χ1v) is 6.67. The van der Waals surface area contributed by atoms with E-state index in [1.54, 1.807) is 18.2 Å². The number of nitrogens with one attached hydrogen (secondary N) is 1. The molecule has 1 aromatic rings. The van der Waals surface area contributed by atoms with Gasteiger partial charge in [0, 0.05) is 6.04 Å². The molecule has 0 radical (unpaired) electrons. The molecule has 0 heterocycles. The Morgan fingerprint density at radius 2 is 2.11 bits per heavy atom. The minimum Gasteiger partial charge on any atom is -0.478 e. The van der Waals surface area contributed by atoms with Gasteiger partial charge in [0.2, 0.25) is 0 Å². The van der Waals surface area contributed by atoms with Gasteiger partial charge in [-0.25, -0.2) is 4.79 Å². The van der Waals surface area contributed by atoms with E-state index in [4.69, 9.17) is 11.6 Å². The van der Waals surface area contributed by atoms with E-state index in [-0.39, 0.29) is 10.6 Å². The molecule has 3 atom stereocenters. The SMILES string of the molecule is CC1CCC(Nc2cccc(Cl)c2C(=O)O)C1C. The van der Waals surface area contributed by atoms with Crippen molar-refractivity contribution >= 4 is 23.3 Å². The largest absolute Gasteiger partial charge is 0.478 e. The molecule has 3 nitrogen and oxygen atoms in total.